The fourth-order valence-electron chi connectivity index (χ4n) is 2.30. The number of nitriles is 1. The Bertz CT molecular complexity index is 993. The van der Waals surface area contributed by atoms with Crippen molar-refractivity contribution in [1.82, 2.24) is 10.1 Å². The van der Waals surface area contributed by atoms with Crippen LogP contribution >= 0.6 is 11.8 Å². The first-order valence-electron chi connectivity index (χ1n) is 8.00. The zero-order valence-electron chi connectivity index (χ0n) is 14.7. The van der Waals surface area contributed by atoms with Crippen LogP contribution in [0.4, 0.5) is 5.82 Å². The summed E-state index contributed by atoms with van der Waals surface area (Å²) in [7, 11) is 1.61. The molecule has 3 rings (SSSR count). The predicted octanol–water partition coefficient (Wildman–Crippen LogP) is 3.66. The van der Waals surface area contributed by atoms with E-state index in [1.54, 1.807) is 32.2 Å². The first kappa shape index (κ1) is 18.5. The number of carbonyl (C=O) groups excluding carboxylic acids is 1. The van der Waals surface area contributed by atoms with Crippen LogP contribution in [0, 0.1) is 18.3 Å². The summed E-state index contributed by atoms with van der Waals surface area (Å²) in [5.74, 6) is 1.56. The zero-order valence-corrected chi connectivity index (χ0v) is 15.5. The summed E-state index contributed by atoms with van der Waals surface area (Å²) in [5, 5.41) is 16.2. The van der Waals surface area contributed by atoms with Gasteiger partial charge >= 0.3 is 0 Å². The van der Waals surface area contributed by atoms with Gasteiger partial charge < -0.3 is 14.6 Å². The molecule has 8 heteroatoms. The number of nitrogens with zero attached hydrogens (tertiary/aromatic N) is 3. The molecule has 0 saturated carbocycles. The number of aromatic nitrogens is 2. The van der Waals surface area contributed by atoms with Crippen molar-refractivity contribution in [3.8, 4) is 23.1 Å². The minimum Gasteiger partial charge on any atom is -0.497 e. The lowest BCUT2D eigenvalue weighted by atomic mass is 10.1. The molecule has 0 atom stereocenters. The van der Waals surface area contributed by atoms with E-state index >= 15 is 0 Å². The summed E-state index contributed by atoms with van der Waals surface area (Å²) in [6.45, 7) is 1.74. The number of amides is 1. The van der Waals surface area contributed by atoms with Crippen LogP contribution in [0.2, 0.25) is 0 Å². The first-order valence-corrected chi connectivity index (χ1v) is 8.99. The monoisotopic (exact) mass is 380 g/mol. The Labute approximate surface area is 160 Å². The number of methoxy groups -OCH3 is 1. The molecule has 0 spiro atoms. The van der Waals surface area contributed by atoms with E-state index in [0.29, 0.717) is 27.9 Å². The van der Waals surface area contributed by atoms with Crippen molar-refractivity contribution in [1.29, 1.82) is 5.26 Å². The van der Waals surface area contributed by atoms with Crippen molar-refractivity contribution in [2.45, 2.75) is 11.9 Å². The lowest BCUT2D eigenvalue weighted by molar-refractivity contribution is -0.113. The van der Waals surface area contributed by atoms with Crippen molar-refractivity contribution in [2.24, 2.45) is 0 Å². The molecule has 136 valence electrons. The standard InChI is InChI=1S/C19H16N4O3S/c1-12-9-17(23-26-12)22-18(24)11-27-19-14(10-20)5-8-16(21-19)13-3-6-15(25-2)7-4-13/h3-9H,11H2,1-2H3,(H,22,23,24). The molecule has 0 radical (unpaired) electrons. The number of aryl methyl sites for hydroxylation is 1. The zero-order chi connectivity index (χ0) is 19.2. The molecule has 0 aliphatic heterocycles. The van der Waals surface area contributed by atoms with Gasteiger partial charge in [-0.1, -0.05) is 16.9 Å². The lowest BCUT2D eigenvalue weighted by Crippen LogP contribution is -2.14. The first-order chi connectivity index (χ1) is 13.1. The Morgan fingerprint density at radius 2 is 2.07 bits per heavy atom. The summed E-state index contributed by atoms with van der Waals surface area (Å²) in [4.78, 5) is 16.6. The summed E-state index contributed by atoms with van der Waals surface area (Å²) >= 11 is 1.19. The van der Waals surface area contributed by atoms with E-state index in [-0.39, 0.29) is 11.7 Å². The number of pyridine rings is 1. The molecule has 2 heterocycles. The Hall–Kier alpha value is -3.31. The Morgan fingerprint density at radius 1 is 1.30 bits per heavy atom. The van der Waals surface area contributed by atoms with Gasteiger partial charge in [-0.15, -0.1) is 0 Å². The molecule has 0 bridgehead atoms. The minimum atomic E-state index is -0.256. The van der Waals surface area contributed by atoms with Crippen LogP contribution < -0.4 is 10.1 Å². The van der Waals surface area contributed by atoms with Crippen LogP contribution in [0.5, 0.6) is 5.75 Å². The van der Waals surface area contributed by atoms with Gasteiger partial charge in [0.05, 0.1) is 24.1 Å². The topological polar surface area (TPSA) is 101 Å². The van der Waals surface area contributed by atoms with E-state index < -0.39 is 0 Å². The Morgan fingerprint density at radius 3 is 2.70 bits per heavy atom. The second-order valence-corrected chi connectivity index (χ2v) is 6.51. The highest BCUT2D eigenvalue weighted by Crippen LogP contribution is 2.26. The van der Waals surface area contributed by atoms with Crippen LogP contribution in [0.3, 0.4) is 0 Å². The molecule has 1 amide bonds. The van der Waals surface area contributed by atoms with Gasteiger partial charge in [0, 0.05) is 11.6 Å². The number of nitrogens with one attached hydrogen (secondary N) is 1. The maximum Gasteiger partial charge on any atom is 0.236 e. The molecule has 0 unspecified atom stereocenters. The fourth-order valence-corrected chi connectivity index (χ4v) is 3.07. The van der Waals surface area contributed by atoms with Gasteiger partial charge in [0.15, 0.2) is 5.82 Å². The summed E-state index contributed by atoms with van der Waals surface area (Å²) in [6, 6.07) is 14.7. The third-order valence-corrected chi connectivity index (χ3v) is 4.59. The van der Waals surface area contributed by atoms with Crippen LogP contribution in [-0.2, 0) is 4.79 Å². The molecule has 1 aromatic carbocycles. The molecule has 0 aliphatic rings. The number of hydrogen-bond acceptors (Lipinski definition) is 7. The van der Waals surface area contributed by atoms with Crippen molar-refractivity contribution in [2.75, 3.05) is 18.2 Å². The van der Waals surface area contributed by atoms with Gasteiger partial charge in [-0.2, -0.15) is 5.26 Å². The van der Waals surface area contributed by atoms with Gasteiger partial charge in [-0.3, -0.25) is 4.79 Å². The molecule has 0 fully saturated rings. The number of hydrogen-bond donors (Lipinski definition) is 1. The van der Waals surface area contributed by atoms with Crippen molar-refractivity contribution in [3.05, 3.63) is 53.8 Å². The van der Waals surface area contributed by atoms with Crippen molar-refractivity contribution in [3.63, 3.8) is 0 Å². The molecular formula is C19H16N4O3S. The lowest BCUT2D eigenvalue weighted by Gasteiger charge is -2.07. The van der Waals surface area contributed by atoms with Crippen LogP contribution in [0.25, 0.3) is 11.3 Å². The molecule has 27 heavy (non-hydrogen) atoms. The highest BCUT2D eigenvalue weighted by molar-refractivity contribution is 8.00. The third-order valence-electron chi connectivity index (χ3n) is 3.60. The smallest absolute Gasteiger partial charge is 0.236 e. The summed E-state index contributed by atoms with van der Waals surface area (Å²) in [6.07, 6.45) is 0. The number of benzene rings is 1. The third kappa shape index (κ3) is 4.65. The van der Waals surface area contributed by atoms with Crippen LogP contribution in [0.15, 0.2) is 52.0 Å². The van der Waals surface area contributed by atoms with Crippen molar-refractivity contribution >= 4 is 23.5 Å². The number of carbonyl (C=O) groups is 1. The maximum atomic E-state index is 12.1. The maximum absolute atomic E-state index is 12.1. The number of ether oxygens (including phenoxy) is 1. The molecule has 3 aromatic rings. The average Bonchev–Trinajstić information content (AvgIpc) is 3.10. The van der Waals surface area contributed by atoms with Crippen LogP contribution in [0.1, 0.15) is 11.3 Å². The van der Waals surface area contributed by atoms with E-state index in [2.05, 4.69) is 21.5 Å². The van der Waals surface area contributed by atoms with Crippen molar-refractivity contribution < 1.29 is 14.1 Å². The second kappa shape index (κ2) is 8.38. The van der Waals surface area contributed by atoms with Gasteiger partial charge in [-0.25, -0.2) is 4.98 Å². The van der Waals surface area contributed by atoms with Gasteiger partial charge in [0.25, 0.3) is 0 Å². The Balaban J connectivity index is 1.73. The van der Waals surface area contributed by atoms with E-state index in [0.717, 1.165) is 11.3 Å². The van der Waals surface area contributed by atoms with E-state index in [9.17, 15) is 10.1 Å². The highest BCUT2D eigenvalue weighted by Gasteiger charge is 2.12. The summed E-state index contributed by atoms with van der Waals surface area (Å²) < 4.78 is 10.1. The normalized spacial score (nSPS) is 10.3. The quantitative estimate of drug-likeness (QED) is 0.651. The van der Waals surface area contributed by atoms with E-state index in [4.69, 9.17) is 9.26 Å². The summed E-state index contributed by atoms with van der Waals surface area (Å²) in [5.41, 5.74) is 2.03. The molecule has 1 N–H and O–H groups in total. The largest absolute Gasteiger partial charge is 0.497 e. The molecule has 0 saturated heterocycles. The SMILES string of the molecule is COc1ccc(-c2ccc(C#N)c(SCC(=O)Nc3cc(C)on3)n2)cc1. The highest BCUT2D eigenvalue weighted by atomic mass is 32.2. The number of anilines is 1. The Kier molecular flexibility index (Phi) is 5.74. The molecule has 7 nitrogen and oxygen atoms in total. The minimum absolute atomic E-state index is 0.0969. The second-order valence-electron chi connectivity index (χ2n) is 5.55. The molecule has 2 aromatic heterocycles. The molecule has 0 aliphatic carbocycles. The van der Waals surface area contributed by atoms with Gasteiger partial charge in [0.2, 0.25) is 5.91 Å². The van der Waals surface area contributed by atoms with Gasteiger partial charge in [0.1, 0.15) is 22.6 Å². The van der Waals surface area contributed by atoms with Crippen LogP contribution in [-0.4, -0.2) is 28.9 Å². The number of thioether (sulfide) groups is 1. The van der Waals surface area contributed by atoms with Gasteiger partial charge in [-0.05, 0) is 43.3 Å². The van der Waals surface area contributed by atoms with E-state index in [1.165, 1.54) is 11.8 Å². The van der Waals surface area contributed by atoms with E-state index in [1.807, 2.05) is 24.3 Å². The molecular weight excluding hydrogens is 364 g/mol. The number of rotatable bonds is 6. The average molecular weight is 380 g/mol. The fraction of sp³-hybridized carbons (Fsp3) is 0.158. The predicted molar refractivity (Wildman–Crippen MR) is 102 cm³/mol.